The Labute approximate surface area is 139 Å². The highest BCUT2D eigenvalue weighted by Crippen LogP contribution is 2.28. The number of methoxy groups -OCH3 is 1. The van der Waals surface area contributed by atoms with E-state index in [4.69, 9.17) is 4.74 Å². The van der Waals surface area contributed by atoms with Gasteiger partial charge in [-0.05, 0) is 30.1 Å². The highest BCUT2D eigenvalue weighted by atomic mass is 32.2. The lowest BCUT2D eigenvalue weighted by molar-refractivity contribution is -0.274. The minimum atomic E-state index is -4.72. The summed E-state index contributed by atoms with van der Waals surface area (Å²) in [4.78, 5) is 8.35. The molecule has 0 aliphatic rings. The highest BCUT2D eigenvalue weighted by molar-refractivity contribution is 7.97. The first kappa shape index (κ1) is 16.4. The van der Waals surface area contributed by atoms with Crippen molar-refractivity contribution in [3.63, 3.8) is 0 Å². The molecule has 0 fully saturated rings. The summed E-state index contributed by atoms with van der Waals surface area (Å²) in [7, 11) is 1.58. The van der Waals surface area contributed by atoms with Gasteiger partial charge in [0.1, 0.15) is 17.8 Å². The van der Waals surface area contributed by atoms with E-state index in [0.717, 1.165) is 5.69 Å². The Kier molecular flexibility index (Phi) is 4.52. The Morgan fingerprint density at radius 2 is 1.96 bits per heavy atom. The minimum Gasteiger partial charge on any atom is -0.497 e. The second kappa shape index (κ2) is 6.60. The molecule has 0 amide bonds. The average Bonchev–Trinajstić information content (AvgIpc) is 2.94. The molecule has 24 heavy (non-hydrogen) atoms. The first-order chi connectivity index (χ1) is 11.4. The lowest BCUT2D eigenvalue weighted by Gasteiger charge is -2.08. The molecule has 126 valence electrons. The molecule has 0 spiro atoms. The van der Waals surface area contributed by atoms with Crippen LogP contribution in [0.3, 0.4) is 0 Å². The topological polar surface area (TPSA) is 49.2 Å². The second-order valence-electron chi connectivity index (χ2n) is 4.73. The van der Waals surface area contributed by atoms with Gasteiger partial charge in [0.05, 0.1) is 29.6 Å². The number of aromatic nitrogens is 3. The molecule has 9 heteroatoms. The number of imidazole rings is 1. The van der Waals surface area contributed by atoms with Crippen LogP contribution in [0.15, 0.2) is 42.9 Å². The zero-order valence-electron chi connectivity index (χ0n) is 12.4. The Balaban J connectivity index is 1.75. The minimum absolute atomic E-state index is 0.292. The number of rotatable bonds is 5. The molecule has 0 unspecified atom stereocenters. The smallest absolute Gasteiger partial charge is 0.497 e. The third-order valence-corrected chi connectivity index (χ3v) is 4.09. The summed E-state index contributed by atoms with van der Waals surface area (Å²) in [5.74, 6) is 0.980. The molecular formula is C15H12F3N3O2S. The van der Waals surface area contributed by atoms with Gasteiger partial charge in [0, 0.05) is 18.3 Å². The van der Waals surface area contributed by atoms with Crippen LogP contribution in [-0.4, -0.2) is 27.4 Å². The molecule has 0 radical (unpaired) electrons. The van der Waals surface area contributed by atoms with Crippen LogP contribution in [0, 0.1) is 0 Å². The van der Waals surface area contributed by atoms with Crippen molar-refractivity contribution in [2.45, 2.75) is 12.1 Å². The van der Waals surface area contributed by atoms with Crippen LogP contribution in [0.4, 0.5) is 13.2 Å². The van der Waals surface area contributed by atoms with Gasteiger partial charge in [0.2, 0.25) is 0 Å². The number of halogens is 3. The lowest BCUT2D eigenvalue weighted by Crippen LogP contribution is -2.16. The summed E-state index contributed by atoms with van der Waals surface area (Å²) < 4.78 is 47.5. The summed E-state index contributed by atoms with van der Waals surface area (Å²) in [5.41, 5.74) is 1.93. The van der Waals surface area contributed by atoms with Crippen molar-refractivity contribution in [1.29, 1.82) is 0 Å². The number of fused-ring (bicyclic) bond motifs is 1. The summed E-state index contributed by atoms with van der Waals surface area (Å²) in [6, 6.07) is 7.63. The first-order valence-corrected chi connectivity index (χ1v) is 7.74. The van der Waals surface area contributed by atoms with Crippen LogP contribution < -0.4 is 9.47 Å². The van der Waals surface area contributed by atoms with Crippen LogP contribution in [0.5, 0.6) is 11.5 Å². The second-order valence-corrected chi connectivity index (χ2v) is 5.67. The van der Waals surface area contributed by atoms with Crippen molar-refractivity contribution in [2.24, 2.45) is 0 Å². The third-order valence-electron chi connectivity index (χ3n) is 3.09. The molecule has 3 aromatic rings. The van der Waals surface area contributed by atoms with E-state index in [9.17, 15) is 13.2 Å². The molecular weight excluding hydrogens is 343 g/mol. The van der Waals surface area contributed by atoms with E-state index in [0.29, 0.717) is 22.5 Å². The van der Waals surface area contributed by atoms with Crippen LogP contribution in [0.1, 0.15) is 5.69 Å². The fourth-order valence-corrected chi connectivity index (χ4v) is 2.90. The molecule has 0 N–H and O–H groups in total. The quantitative estimate of drug-likeness (QED) is 0.691. The van der Waals surface area contributed by atoms with Crippen LogP contribution in [-0.2, 0) is 5.75 Å². The molecule has 2 aromatic heterocycles. The van der Waals surface area contributed by atoms with E-state index >= 15 is 0 Å². The molecule has 0 saturated carbocycles. The van der Waals surface area contributed by atoms with Crippen molar-refractivity contribution < 1.29 is 22.6 Å². The lowest BCUT2D eigenvalue weighted by atomic mass is 10.3. The van der Waals surface area contributed by atoms with Gasteiger partial charge in [0.15, 0.2) is 0 Å². The fraction of sp³-hybridized carbons (Fsp3) is 0.200. The van der Waals surface area contributed by atoms with Gasteiger partial charge in [-0.2, -0.15) is 0 Å². The first-order valence-electron chi connectivity index (χ1n) is 6.80. The van der Waals surface area contributed by atoms with Crippen LogP contribution in [0.25, 0.3) is 11.0 Å². The molecule has 0 aliphatic heterocycles. The van der Waals surface area contributed by atoms with Crippen molar-refractivity contribution in [2.75, 3.05) is 7.11 Å². The summed E-state index contributed by atoms with van der Waals surface area (Å²) in [6.07, 6.45) is -1.52. The molecule has 0 bridgehead atoms. The van der Waals surface area contributed by atoms with Crippen LogP contribution >= 0.6 is 11.9 Å². The van der Waals surface area contributed by atoms with E-state index in [1.165, 1.54) is 30.1 Å². The number of hydrogen-bond donors (Lipinski definition) is 0. The molecule has 5 nitrogen and oxygen atoms in total. The van der Waals surface area contributed by atoms with Gasteiger partial charge < -0.3 is 9.47 Å². The number of benzene rings is 1. The van der Waals surface area contributed by atoms with E-state index in [2.05, 4.69) is 14.7 Å². The standard InChI is InChI=1S/C15H12F3N3O2S/c1-22-11-4-5-19-10(6-11)8-24-21-9-20-13-7-12(2-3-14(13)21)23-15(16,17)18/h2-7,9H,8H2,1H3. The van der Waals surface area contributed by atoms with E-state index in [1.54, 1.807) is 29.7 Å². The van der Waals surface area contributed by atoms with E-state index < -0.39 is 6.36 Å². The number of pyridine rings is 1. The summed E-state index contributed by atoms with van der Waals surface area (Å²) >= 11 is 1.42. The number of nitrogens with zero attached hydrogens (tertiary/aromatic N) is 3. The van der Waals surface area contributed by atoms with Gasteiger partial charge in [-0.3, -0.25) is 8.96 Å². The number of hydrogen-bond acceptors (Lipinski definition) is 5. The Bertz CT molecular complexity index is 851. The zero-order chi connectivity index (χ0) is 17.2. The van der Waals surface area contributed by atoms with Gasteiger partial charge >= 0.3 is 6.36 Å². The molecule has 0 atom stereocenters. The molecule has 2 heterocycles. The predicted octanol–water partition coefficient (Wildman–Crippen LogP) is 4.04. The Morgan fingerprint density at radius 3 is 2.71 bits per heavy atom. The van der Waals surface area contributed by atoms with Crippen molar-refractivity contribution in [3.05, 3.63) is 48.5 Å². The zero-order valence-corrected chi connectivity index (χ0v) is 13.3. The normalized spacial score (nSPS) is 11.7. The van der Waals surface area contributed by atoms with Gasteiger partial charge in [0.25, 0.3) is 0 Å². The molecule has 3 rings (SSSR count). The summed E-state index contributed by atoms with van der Waals surface area (Å²) in [5, 5.41) is 0. The monoisotopic (exact) mass is 355 g/mol. The molecule has 1 aromatic carbocycles. The molecule has 0 saturated heterocycles. The largest absolute Gasteiger partial charge is 0.573 e. The maximum atomic E-state index is 12.2. The van der Waals surface area contributed by atoms with Gasteiger partial charge in [-0.1, -0.05) is 0 Å². The van der Waals surface area contributed by atoms with E-state index in [-0.39, 0.29) is 5.75 Å². The maximum absolute atomic E-state index is 12.2. The van der Waals surface area contributed by atoms with Crippen LogP contribution in [0.2, 0.25) is 0 Å². The van der Waals surface area contributed by atoms with Crippen molar-refractivity contribution >= 4 is 23.0 Å². The van der Waals surface area contributed by atoms with E-state index in [1.807, 2.05) is 6.07 Å². The number of ether oxygens (including phenoxy) is 2. The third kappa shape index (κ3) is 3.91. The SMILES string of the molecule is COc1ccnc(CSn2cnc3cc(OC(F)(F)F)ccc32)c1. The van der Waals surface area contributed by atoms with Crippen molar-refractivity contribution in [3.8, 4) is 11.5 Å². The number of alkyl halides is 3. The van der Waals surface area contributed by atoms with Crippen molar-refractivity contribution in [1.82, 2.24) is 13.9 Å². The average molecular weight is 355 g/mol. The maximum Gasteiger partial charge on any atom is 0.573 e. The van der Waals surface area contributed by atoms with Gasteiger partial charge in [-0.25, -0.2) is 4.98 Å². The molecule has 0 aliphatic carbocycles. The van der Waals surface area contributed by atoms with Gasteiger partial charge in [-0.15, -0.1) is 13.2 Å². The fourth-order valence-electron chi connectivity index (χ4n) is 2.07. The summed E-state index contributed by atoms with van der Waals surface area (Å²) in [6.45, 7) is 0. The Hall–Kier alpha value is -2.42. The highest BCUT2D eigenvalue weighted by Gasteiger charge is 2.31. The Morgan fingerprint density at radius 1 is 1.12 bits per heavy atom. The predicted molar refractivity (Wildman–Crippen MR) is 83.9 cm³/mol.